The Morgan fingerprint density at radius 3 is 2.25 bits per heavy atom. The largest absolute Gasteiger partial charge is 0.481 e. The molecular weight excluding hydrogens is 210 g/mol. The Kier molecular flexibility index (Phi) is 4.02. The molecular formula is C11H13NO4. The molecule has 1 atom stereocenters. The number of nitrogens with two attached hydrogens (primary N) is 1. The van der Waals surface area contributed by atoms with Crippen LogP contribution in [-0.4, -0.2) is 28.2 Å². The van der Waals surface area contributed by atoms with Crippen molar-refractivity contribution in [2.45, 2.75) is 18.9 Å². The fourth-order valence-corrected chi connectivity index (χ4v) is 1.42. The lowest BCUT2D eigenvalue weighted by Crippen LogP contribution is -2.32. The maximum atomic E-state index is 10.6. The van der Waals surface area contributed by atoms with Gasteiger partial charge < -0.3 is 15.9 Å². The van der Waals surface area contributed by atoms with Gasteiger partial charge in [-0.05, 0) is 17.5 Å². The van der Waals surface area contributed by atoms with Gasteiger partial charge in [0.25, 0.3) is 0 Å². The van der Waals surface area contributed by atoms with Crippen LogP contribution < -0.4 is 5.73 Å². The predicted octanol–water partition coefficient (Wildman–Crippen LogP) is 0.268. The Bertz CT molecular complexity index is 403. The molecule has 16 heavy (non-hydrogen) atoms. The summed E-state index contributed by atoms with van der Waals surface area (Å²) in [6.45, 7) is 0. The van der Waals surface area contributed by atoms with Crippen molar-refractivity contribution in [3.05, 3.63) is 35.4 Å². The van der Waals surface area contributed by atoms with E-state index in [0.29, 0.717) is 11.1 Å². The molecule has 5 nitrogen and oxygen atoms in total. The smallest absolute Gasteiger partial charge is 0.320 e. The Morgan fingerprint density at radius 2 is 1.75 bits per heavy atom. The highest BCUT2D eigenvalue weighted by Crippen LogP contribution is 2.11. The molecule has 0 aromatic heterocycles. The number of aliphatic carboxylic acids is 2. The van der Waals surface area contributed by atoms with Gasteiger partial charge in [-0.1, -0.05) is 24.3 Å². The summed E-state index contributed by atoms with van der Waals surface area (Å²) in [5.74, 6) is -2.04. The van der Waals surface area contributed by atoms with Crippen LogP contribution in [0.3, 0.4) is 0 Å². The number of hydrogen-bond donors (Lipinski definition) is 3. The molecule has 1 aromatic carbocycles. The van der Waals surface area contributed by atoms with Gasteiger partial charge in [0.05, 0.1) is 6.42 Å². The molecule has 0 aliphatic rings. The molecule has 0 saturated carbocycles. The molecule has 1 rings (SSSR count). The summed E-state index contributed by atoms with van der Waals surface area (Å²) < 4.78 is 0. The van der Waals surface area contributed by atoms with Crippen LogP contribution in [0.15, 0.2) is 24.3 Å². The minimum atomic E-state index is -1.09. The number of hydrogen-bond acceptors (Lipinski definition) is 3. The van der Waals surface area contributed by atoms with Gasteiger partial charge in [0, 0.05) is 0 Å². The molecule has 0 bridgehead atoms. The van der Waals surface area contributed by atoms with E-state index in [-0.39, 0.29) is 12.8 Å². The van der Waals surface area contributed by atoms with Crippen molar-refractivity contribution in [3.63, 3.8) is 0 Å². The maximum Gasteiger partial charge on any atom is 0.320 e. The van der Waals surface area contributed by atoms with E-state index in [4.69, 9.17) is 15.9 Å². The summed E-state index contributed by atoms with van der Waals surface area (Å²) in [6.07, 6.45) is 0.0152. The van der Waals surface area contributed by atoms with Crippen LogP contribution >= 0.6 is 0 Å². The van der Waals surface area contributed by atoms with Crippen LogP contribution in [0.25, 0.3) is 0 Å². The van der Waals surface area contributed by atoms with E-state index in [1.807, 2.05) is 0 Å². The number of benzene rings is 1. The van der Waals surface area contributed by atoms with Gasteiger partial charge in [-0.2, -0.15) is 0 Å². The molecule has 0 heterocycles. The summed E-state index contributed by atoms with van der Waals surface area (Å²) in [6, 6.07) is 5.80. The standard InChI is InChI=1S/C11H13NO4/c12-9(11(15)16)5-7-3-1-2-4-8(7)6-10(13)14/h1-4,9H,5-6,12H2,(H,13,14)(H,15,16)/t9-/m0/s1. The van der Waals surface area contributed by atoms with Gasteiger partial charge in [-0.3, -0.25) is 9.59 Å². The second kappa shape index (κ2) is 5.27. The summed E-state index contributed by atoms with van der Waals surface area (Å²) in [5.41, 5.74) is 6.67. The number of carbonyl (C=O) groups is 2. The van der Waals surface area contributed by atoms with Crippen molar-refractivity contribution >= 4 is 11.9 Å². The second-order valence-corrected chi connectivity index (χ2v) is 3.49. The third-order valence-corrected chi connectivity index (χ3v) is 2.22. The lowest BCUT2D eigenvalue weighted by atomic mass is 9.98. The predicted molar refractivity (Wildman–Crippen MR) is 57.1 cm³/mol. The van der Waals surface area contributed by atoms with Gasteiger partial charge in [0.1, 0.15) is 6.04 Å². The molecule has 0 radical (unpaired) electrons. The van der Waals surface area contributed by atoms with E-state index >= 15 is 0 Å². The van der Waals surface area contributed by atoms with E-state index in [1.54, 1.807) is 24.3 Å². The lowest BCUT2D eigenvalue weighted by Gasteiger charge is -2.10. The van der Waals surface area contributed by atoms with E-state index in [0.717, 1.165) is 0 Å². The Hall–Kier alpha value is -1.88. The molecule has 0 fully saturated rings. The zero-order chi connectivity index (χ0) is 12.1. The summed E-state index contributed by atoms with van der Waals surface area (Å²) in [5, 5.41) is 17.4. The van der Waals surface area contributed by atoms with E-state index in [2.05, 4.69) is 0 Å². The van der Waals surface area contributed by atoms with Crippen molar-refractivity contribution in [1.29, 1.82) is 0 Å². The quantitative estimate of drug-likeness (QED) is 0.665. The van der Waals surface area contributed by atoms with Crippen molar-refractivity contribution in [2.24, 2.45) is 5.73 Å². The maximum absolute atomic E-state index is 10.6. The minimum absolute atomic E-state index is 0.123. The first-order valence-corrected chi connectivity index (χ1v) is 4.77. The zero-order valence-electron chi connectivity index (χ0n) is 8.59. The third kappa shape index (κ3) is 3.36. The monoisotopic (exact) mass is 223 g/mol. The van der Waals surface area contributed by atoms with Crippen molar-refractivity contribution in [2.75, 3.05) is 0 Å². The highest BCUT2D eigenvalue weighted by atomic mass is 16.4. The summed E-state index contributed by atoms with van der Waals surface area (Å²) in [4.78, 5) is 21.2. The first-order valence-electron chi connectivity index (χ1n) is 4.77. The van der Waals surface area contributed by atoms with Crippen LogP contribution in [0.1, 0.15) is 11.1 Å². The molecule has 1 aromatic rings. The molecule has 0 saturated heterocycles. The minimum Gasteiger partial charge on any atom is -0.481 e. The number of carboxylic acid groups (broad SMARTS) is 2. The first-order chi connectivity index (χ1) is 7.50. The normalized spacial score (nSPS) is 12.1. The topological polar surface area (TPSA) is 101 Å². The Balaban J connectivity index is 2.86. The van der Waals surface area contributed by atoms with Crippen LogP contribution in [0.5, 0.6) is 0 Å². The van der Waals surface area contributed by atoms with Crippen LogP contribution in [0.2, 0.25) is 0 Å². The SMILES string of the molecule is N[C@@H](Cc1ccccc1CC(=O)O)C(=O)O. The Labute approximate surface area is 92.5 Å². The number of carboxylic acids is 2. The molecule has 0 aliphatic carbocycles. The highest BCUT2D eigenvalue weighted by molar-refractivity contribution is 5.74. The van der Waals surface area contributed by atoms with E-state index < -0.39 is 18.0 Å². The molecule has 4 N–H and O–H groups in total. The summed E-state index contributed by atoms with van der Waals surface area (Å²) in [7, 11) is 0. The van der Waals surface area contributed by atoms with Crippen LogP contribution in [-0.2, 0) is 22.4 Å². The lowest BCUT2D eigenvalue weighted by molar-refractivity contribution is -0.138. The third-order valence-electron chi connectivity index (χ3n) is 2.22. The fourth-order valence-electron chi connectivity index (χ4n) is 1.42. The van der Waals surface area contributed by atoms with E-state index in [9.17, 15) is 9.59 Å². The van der Waals surface area contributed by atoms with Gasteiger partial charge in [-0.15, -0.1) is 0 Å². The van der Waals surface area contributed by atoms with Gasteiger partial charge >= 0.3 is 11.9 Å². The molecule has 0 amide bonds. The molecule has 0 spiro atoms. The number of rotatable bonds is 5. The molecule has 0 unspecified atom stereocenters. The van der Waals surface area contributed by atoms with Crippen LogP contribution in [0.4, 0.5) is 0 Å². The molecule has 86 valence electrons. The Morgan fingerprint density at radius 1 is 1.19 bits per heavy atom. The summed E-state index contributed by atoms with van der Waals surface area (Å²) >= 11 is 0. The second-order valence-electron chi connectivity index (χ2n) is 3.49. The van der Waals surface area contributed by atoms with Crippen LogP contribution in [0, 0.1) is 0 Å². The fraction of sp³-hybridized carbons (Fsp3) is 0.273. The van der Waals surface area contributed by atoms with Crippen molar-refractivity contribution < 1.29 is 19.8 Å². The molecule has 5 heteroatoms. The van der Waals surface area contributed by atoms with Gasteiger partial charge in [0.15, 0.2) is 0 Å². The van der Waals surface area contributed by atoms with Gasteiger partial charge in [0.2, 0.25) is 0 Å². The first kappa shape index (κ1) is 12.2. The zero-order valence-corrected chi connectivity index (χ0v) is 8.59. The average molecular weight is 223 g/mol. The van der Waals surface area contributed by atoms with Crippen molar-refractivity contribution in [3.8, 4) is 0 Å². The molecule has 0 aliphatic heterocycles. The van der Waals surface area contributed by atoms with Gasteiger partial charge in [-0.25, -0.2) is 0 Å². The van der Waals surface area contributed by atoms with E-state index in [1.165, 1.54) is 0 Å². The highest BCUT2D eigenvalue weighted by Gasteiger charge is 2.15. The van der Waals surface area contributed by atoms with Crippen molar-refractivity contribution in [1.82, 2.24) is 0 Å². The average Bonchev–Trinajstić information content (AvgIpc) is 2.20.